The van der Waals surface area contributed by atoms with E-state index in [0.717, 1.165) is 28.7 Å². The maximum Gasteiger partial charge on any atom is 0.141 e. The maximum atomic E-state index is 4.53. The van der Waals surface area contributed by atoms with Gasteiger partial charge in [0.2, 0.25) is 0 Å². The van der Waals surface area contributed by atoms with Crippen molar-refractivity contribution in [2.45, 2.75) is 13.8 Å². The first-order chi connectivity index (χ1) is 8.63. The molecule has 4 nitrogen and oxygen atoms in total. The number of aryl methyl sites for hydroxylation is 1. The number of nitrogens with one attached hydrogen (secondary N) is 1. The van der Waals surface area contributed by atoms with Crippen molar-refractivity contribution in [3.8, 4) is 0 Å². The predicted octanol–water partition coefficient (Wildman–Crippen LogP) is 2.90. The average molecular weight is 242 g/mol. The normalized spacial score (nSPS) is 10.2. The third kappa shape index (κ3) is 2.27. The fraction of sp³-hybridized carbons (Fsp3) is 0.286. The summed E-state index contributed by atoms with van der Waals surface area (Å²) in [6, 6.07) is 10.2. The lowest BCUT2D eigenvalue weighted by Crippen LogP contribution is -2.15. The lowest BCUT2D eigenvalue weighted by Gasteiger charge is -2.21. The zero-order valence-electron chi connectivity index (χ0n) is 11.2. The molecule has 0 saturated heterocycles. The Labute approximate surface area is 108 Å². The summed E-state index contributed by atoms with van der Waals surface area (Å²) in [7, 11) is 3.89. The molecule has 1 heterocycles. The van der Waals surface area contributed by atoms with Crippen molar-refractivity contribution in [3.05, 3.63) is 41.7 Å². The van der Waals surface area contributed by atoms with Crippen molar-refractivity contribution < 1.29 is 0 Å². The summed E-state index contributed by atoms with van der Waals surface area (Å²) >= 11 is 0. The van der Waals surface area contributed by atoms with Crippen LogP contribution in [0.25, 0.3) is 0 Å². The van der Waals surface area contributed by atoms with Gasteiger partial charge < -0.3 is 10.2 Å². The first kappa shape index (κ1) is 12.4. The van der Waals surface area contributed by atoms with Crippen molar-refractivity contribution in [2.75, 3.05) is 24.3 Å². The number of anilines is 3. The van der Waals surface area contributed by atoms with Gasteiger partial charge in [-0.3, -0.25) is 0 Å². The van der Waals surface area contributed by atoms with Crippen molar-refractivity contribution >= 4 is 17.3 Å². The topological polar surface area (TPSA) is 41.1 Å². The molecule has 1 aromatic carbocycles. The Balaban J connectivity index is 2.48. The molecular formula is C14H18N4. The van der Waals surface area contributed by atoms with Crippen LogP contribution in [0.2, 0.25) is 0 Å². The molecular weight excluding hydrogens is 224 g/mol. The molecule has 1 N–H and O–H groups in total. The standard InChI is InChI=1S/C14H18N4/c1-10-13(15-3)16-11(2)17-14(10)18(4)12-8-6-5-7-9-12/h5-9H,1-4H3,(H,15,16,17). The average Bonchev–Trinajstić information content (AvgIpc) is 2.41. The van der Waals surface area contributed by atoms with Crippen LogP contribution in [0, 0.1) is 13.8 Å². The predicted molar refractivity (Wildman–Crippen MR) is 75.6 cm³/mol. The van der Waals surface area contributed by atoms with Gasteiger partial charge in [0.05, 0.1) is 0 Å². The summed E-state index contributed by atoms with van der Waals surface area (Å²) < 4.78 is 0. The van der Waals surface area contributed by atoms with Crippen molar-refractivity contribution in [2.24, 2.45) is 0 Å². The van der Waals surface area contributed by atoms with Gasteiger partial charge in [0.15, 0.2) is 0 Å². The van der Waals surface area contributed by atoms with Crippen molar-refractivity contribution in [1.29, 1.82) is 0 Å². The van der Waals surface area contributed by atoms with Crippen molar-refractivity contribution in [1.82, 2.24) is 9.97 Å². The van der Waals surface area contributed by atoms with E-state index in [1.165, 1.54) is 0 Å². The van der Waals surface area contributed by atoms with Gasteiger partial charge in [0, 0.05) is 25.3 Å². The molecule has 94 valence electrons. The summed E-state index contributed by atoms with van der Waals surface area (Å²) in [5.41, 5.74) is 2.16. The minimum atomic E-state index is 0.766. The molecule has 2 rings (SSSR count). The zero-order chi connectivity index (χ0) is 13.1. The number of nitrogens with zero attached hydrogens (tertiary/aromatic N) is 3. The van der Waals surface area contributed by atoms with Gasteiger partial charge in [-0.05, 0) is 26.0 Å². The summed E-state index contributed by atoms with van der Waals surface area (Å²) in [5.74, 6) is 2.57. The van der Waals surface area contributed by atoms with Crippen molar-refractivity contribution in [3.63, 3.8) is 0 Å². The second-order valence-corrected chi connectivity index (χ2v) is 4.21. The number of aromatic nitrogens is 2. The smallest absolute Gasteiger partial charge is 0.141 e. The van der Waals surface area contributed by atoms with E-state index in [9.17, 15) is 0 Å². The van der Waals surface area contributed by atoms with Crippen LogP contribution < -0.4 is 10.2 Å². The largest absolute Gasteiger partial charge is 0.373 e. The molecule has 0 radical (unpaired) electrons. The Morgan fingerprint density at radius 1 is 1.06 bits per heavy atom. The second kappa shape index (κ2) is 5.04. The maximum absolute atomic E-state index is 4.53. The highest BCUT2D eigenvalue weighted by Gasteiger charge is 2.13. The molecule has 0 aliphatic carbocycles. The Bertz CT molecular complexity index is 537. The summed E-state index contributed by atoms with van der Waals surface area (Å²) in [6.07, 6.45) is 0. The monoisotopic (exact) mass is 242 g/mol. The Hall–Kier alpha value is -2.10. The molecule has 2 aromatic rings. The van der Waals surface area contributed by atoms with Gasteiger partial charge in [0.25, 0.3) is 0 Å². The minimum Gasteiger partial charge on any atom is -0.373 e. The van der Waals surface area contributed by atoms with E-state index in [1.54, 1.807) is 0 Å². The number of rotatable bonds is 3. The highest BCUT2D eigenvalue weighted by atomic mass is 15.2. The summed E-state index contributed by atoms with van der Waals surface area (Å²) in [4.78, 5) is 11.0. The fourth-order valence-corrected chi connectivity index (χ4v) is 1.96. The molecule has 0 spiro atoms. The molecule has 1 aromatic heterocycles. The van der Waals surface area contributed by atoms with Crippen LogP contribution >= 0.6 is 0 Å². The minimum absolute atomic E-state index is 0.766. The third-order valence-corrected chi connectivity index (χ3v) is 2.93. The van der Waals surface area contributed by atoms with Gasteiger partial charge in [-0.1, -0.05) is 18.2 Å². The van der Waals surface area contributed by atoms with E-state index in [4.69, 9.17) is 0 Å². The third-order valence-electron chi connectivity index (χ3n) is 2.93. The van der Waals surface area contributed by atoms with Crippen LogP contribution in [-0.2, 0) is 0 Å². The van der Waals surface area contributed by atoms with Gasteiger partial charge in [-0.15, -0.1) is 0 Å². The lowest BCUT2D eigenvalue weighted by molar-refractivity contribution is 0.993. The number of para-hydroxylation sites is 1. The highest BCUT2D eigenvalue weighted by Crippen LogP contribution is 2.27. The van der Waals surface area contributed by atoms with Crippen LogP contribution in [0.1, 0.15) is 11.4 Å². The van der Waals surface area contributed by atoms with E-state index < -0.39 is 0 Å². The zero-order valence-corrected chi connectivity index (χ0v) is 11.2. The van der Waals surface area contributed by atoms with E-state index in [2.05, 4.69) is 32.3 Å². The van der Waals surface area contributed by atoms with Crippen LogP contribution in [0.4, 0.5) is 17.3 Å². The quantitative estimate of drug-likeness (QED) is 0.898. The van der Waals surface area contributed by atoms with Gasteiger partial charge in [0.1, 0.15) is 17.5 Å². The summed E-state index contributed by atoms with van der Waals surface area (Å²) in [6.45, 7) is 3.93. The van der Waals surface area contributed by atoms with E-state index in [0.29, 0.717) is 0 Å². The number of hydrogen-bond donors (Lipinski definition) is 1. The fourth-order valence-electron chi connectivity index (χ4n) is 1.96. The lowest BCUT2D eigenvalue weighted by atomic mass is 10.2. The van der Waals surface area contributed by atoms with E-state index >= 15 is 0 Å². The number of benzene rings is 1. The highest BCUT2D eigenvalue weighted by molar-refractivity contribution is 5.66. The molecule has 4 heteroatoms. The second-order valence-electron chi connectivity index (χ2n) is 4.21. The SMILES string of the molecule is CNc1nc(C)nc(N(C)c2ccccc2)c1C. The first-order valence-electron chi connectivity index (χ1n) is 5.95. The van der Waals surface area contributed by atoms with Gasteiger partial charge in [-0.2, -0.15) is 0 Å². The Morgan fingerprint density at radius 2 is 1.72 bits per heavy atom. The Morgan fingerprint density at radius 3 is 2.33 bits per heavy atom. The Kier molecular flexibility index (Phi) is 3.46. The van der Waals surface area contributed by atoms with E-state index in [1.807, 2.05) is 46.1 Å². The molecule has 0 amide bonds. The van der Waals surface area contributed by atoms with Crippen LogP contribution in [0.15, 0.2) is 30.3 Å². The molecule has 0 aliphatic heterocycles. The van der Waals surface area contributed by atoms with Crippen LogP contribution in [-0.4, -0.2) is 24.1 Å². The molecule has 0 unspecified atom stereocenters. The van der Waals surface area contributed by atoms with Gasteiger partial charge in [-0.25, -0.2) is 9.97 Å². The molecule has 18 heavy (non-hydrogen) atoms. The molecule has 0 bridgehead atoms. The first-order valence-corrected chi connectivity index (χ1v) is 5.95. The van der Waals surface area contributed by atoms with Crippen LogP contribution in [0.5, 0.6) is 0 Å². The molecule has 0 atom stereocenters. The number of hydrogen-bond acceptors (Lipinski definition) is 4. The van der Waals surface area contributed by atoms with E-state index in [-0.39, 0.29) is 0 Å². The molecule has 0 saturated carbocycles. The van der Waals surface area contributed by atoms with Crippen LogP contribution in [0.3, 0.4) is 0 Å². The van der Waals surface area contributed by atoms with Gasteiger partial charge >= 0.3 is 0 Å². The summed E-state index contributed by atoms with van der Waals surface area (Å²) in [5, 5.41) is 3.11. The molecule has 0 fully saturated rings. The molecule has 0 aliphatic rings.